The molecule has 0 radical (unpaired) electrons. The number of hydrogen-bond acceptors (Lipinski definition) is 5. The highest BCUT2D eigenvalue weighted by molar-refractivity contribution is 9.10. The van der Waals surface area contributed by atoms with E-state index in [0.29, 0.717) is 10.4 Å². The van der Waals surface area contributed by atoms with Crippen molar-refractivity contribution in [3.05, 3.63) is 17.0 Å². The summed E-state index contributed by atoms with van der Waals surface area (Å²) in [4.78, 5) is 20.8. The minimum absolute atomic E-state index is 0.0149. The Morgan fingerprint density at radius 1 is 1.41 bits per heavy atom. The average molecular weight is 341 g/mol. The molecule has 0 aromatic carbocycles. The topological polar surface area (TPSA) is 80.2 Å². The molecule has 1 unspecified atom stereocenters. The molecule has 2 rings (SSSR count). The van der Waals surface area contributed by atoms with E-state index in [9.17, 15) is 13.2 Å². The van der Waals surface area contributed by atoms with Crippen molar-refractivity contribution >= 4 is 47.4 Å². The van der Waals surface area contributed by atoms with Gasteiger partial charge in [-0.2, -0.15) is 0 Å². The Labute approximate surface area is 111 Å². The normalized spacial score (nSPS) is 20.9. The fraction of sp³-hybridized carbons (Fsp3) is 0.375. The second-order valence-corrected chi connectivity index (χ2v) is 7.22. The molecule has 17 heavy (non-hydrogen) atoms. The van der Waals surface area contributed by atoms with Crippen LogP contribution < -0.4 is 4.90 Å². The van der Waals surface area contributed by atoms with Gasteiger partial charge in [0.25, 0.3) is 0 Å². The van der Waals surface area contributed by atoms with Crippen LogP contribution in [-0.4, -0.2) is 36.1 Å². The number of nitrogens with zero attached hydrogens (tertiary/aromatic N) is 3. The largest absolute Gasteiger partial charge is 0.294 e. The van der Waals surface area contributed by atoms with E-state index in [0.717, 1.165) is 0 Å². The van der Waals surface area contributed by atoms with Crippen LogP contribution in [0.2, 0.25) is 0 Å². The van der Waals surface area contributed by atoms with Crippen LogP contribution in [0.1, 0.15) is 6.42 Å². The molecular weight excluding hydrogens is 334 g/mol. The Morgan fingerprint density at radius 2 is 2.12 bits per heavy atom. The summed E-state index contributed by atoms with van der Waals surface area (Å²) in [6, 6.07) is 0. The monoisotopic (exact) mass is 339 g/mol. The number of halogens is 2. The van der Waals surface area contributed by atoms with Crippen molar-refractivity contribution in [2.45, 2.75) is 11.7 Å². The standard InChI is InChI=1S/C8H7BrClN3O3S/c9-6-2-12-7(3-11-6)13-4-5(1-8(13)14)17(10,15)16/h2-3,5H,1,4H2. The summed E-state index contributed by atoms with van der Waals surface area (Å²) < 4.78 is 22.8. The summed E-state index contributed by atoms with van der Waals surface area (Å²) in [7, 11) is 1.50. The number of hydrogen-bond donors (Lipinski definition) is 0. The molecule has 1 aliphatic heterocycles. The van der Waals surface area contributed by atoms with Gasteiger partial charge in [-0.3, -0.25) is 9.69 Å². The van der Waals surface area contributed by atoms with Gasteiger partial charge in [0, 0.05) is 23.6 Å². The highest BCUT2D eigenvalue weighted by Crippen LogP contribution is 2.25. The van der Waals surface area contributed by atoms with E-state index in [2.05, 4.69) is 25.9 Å². The zero-order valence-corrected chi connectivity index (χ0v) is 11.5. The van der Waals surface area contributed by atoms with Gasteiger partial charge in [-0.1, -0.05) is 0 Å². The highest BCUT2D eigenvalue weighted by Gasteiger charge is 2.38. The Balaban J connectivity index is 2.24. The number of anilines is 1. The molecule has 0 spiro atoms. The predicted octanol–water partition coefficient (Wildman–Crippen LogP) is 0.913. The molecule has 0 saturated carbocycles. The Kier molecular flexibility index (Phi) is 3.37. The molecule has 9 heteroatoms. The molecule has 1 atom stereocenters. The SMILES string of the molecule is O=C1CC(S(=O)(=O)Cl)CN1c1cnc(Br)cn1. The molecule has 1 aromatic rings. The van der Waals surface area contributed by atoms with E-state index in [1.807, 2.05) is 0 Å². The number of aromatic nitrogens is 2. The second-order valence-electron chi connectivity index (χ2n) is 3.50. The minimum atomic E-state index is -3.73. The van der Waals surface area contributed by atoms with E-state index in [1.54, 1.807) is 0 Å². The van der Waals surface area contributed by atoms with Crippen molar-refractivity contribution in [2.75, 3.05) is 11.4 Å². The van der Waals surface area contributed by atoms with E-state index in [1.165, 1.54) is 17.3 Å². The van der Waals surface area contributed by atoms with Crippen molar-refractivity contribution in [3.8, 4) is 0 Å². The maximum absolute atomic E-state index is 11.6. The van der Waals surface area contributed by atoms with Gasteiger partial charge in [0.15, 0.2) is 5.82 Å². The van der Waals surface area contributed by atoms with Gasteiger partial charge in [-0.05, 0) is 15.9 Å². The average Bonchev–Trinajstić information content (AvgIpc) is 2.61. The summed E-state index contributed by atoms with van der Waals surface area (Å²) >= 11 is 3.12. The van der Waals surface area contributed by atoms with E-state index in [4.69, 9.17) is 10.7 Å². The first-order chi connectivity index (χ1) is 7.88. The molecule has 1 aliphatic rings. The molecule has 1 aromatic heterocycles. The third-order valence-corrected chi connectivity index (χ3v) is 4.65. The van der Waals surface area contributed by atoms with Crippen LogP contribution in [0, 0.1) is 0 Å². The quantitative estimate of drug-likeness (QED) is 0.748. The fourth-order valence-electron chi connectivity index (χ4n) is 1.53. The molecule has 0 bridgehead atoms. The zero-order valence-electron chi connectivity index (χ0n) is 8.38. The lowest BCUT2D eigenvalue weighted by molar-refractivity contribution is -0.117. The summed E-state index contributed by atoms with van der Waals surface area (Å²) in [5, 5.41) is -0.887. The summed E-state index contributed by atoms with van der Waals surface area (Å²) in [5.41, 5.74) is 0. The van der Waals surface area contributed by atoms with Crippen LogP contribution in [0.15, 0.2) is 17.0 Å². The summed E-state index contributed by atoms with van der Waals surface area (Å²) in [6.07, 6.45) is 2.71. The first-order valence-electron chi connectivity index (χ1n) is 4.59. The van der Waals surface area contributed by atoms with E-state index >= 15 is 0 Å². The Morgan fingerprint density at radius 3 is 2.59 bits per heavy atom. The van der Waals surface area contributed by atoms with E-state index < -0.39 is 14.3 Å². The van der Waals surface area contributed by atoms with Gasteiger partial charge in [-0.25, -0.2) is 18.4 Å². The predicted molar refractivity (Wildman–Crippen MR) is 65.3 cm³/mol. The molecule has 2 heterocycles. The fourth-order valence-corrected chi connectivity index (χ4v) is 2.76. The maximum Gasteiger partial charge on any atom is 0.237 e. The van der Waals surface area contributed by atoms with Crippen LogP contribution in [0.4, 0.5) is 5.82 Å². The number of carbonyl (C=O) groups excluding carboxylic acids is 1. The molecule has 0 N–H and O–H groups in total. The lowest BCUT2D eigenvalue weighted by atomic mass is 10.4. The van der Waals surface area contributed by atoms with Gasteiger partial charge < -0.3 is 0 Å². The van der Waals surface area contributed by atoms with Crippen LogP contribution in [-0.2, 0) is 13.8 Å². The van der Waals surface area contributed by atoms with Gasteiger partial charge in [0.05, 0.1) is 12.4 Å². The first kappa shape index (κ1) is 12.7. The lowest BCUT2D eigenvalue weighted by Crippen LogP contribution is -2.27. The van der Waals surface area contributed by atoms with Gasteiger partial charge in [-0.15, -0.1) is 0 Å². The van der Waals surface area contributed by atoms with Crippen molar-refractivity contribution in [1.29, 1.82) is 0 Å². The molecular formula is C8H7BrClN3O3S. The molecule has 1 saturated heterocycles. The van der Waals surface area contributed by atoms with Crippen LogP contribution in [0.3, 0.4) is 0 Å². The third kappa shape index (κ3) is 2.75. The Bertz CT molecular complexity index is 548. The minimum Gasteiger partial charge on any atom is -0.294 e. The van der Waals surface area contributed by atoms with Gasteiger partial charge in [0.2, 0.25) is 15.0 Å². The molecule has 1 fully saturated rings. The van der Waals surface area contributed by atoms with Gasteiger partial charge >= 0.3 is 0 Å². The number of carbonyl (C=O) groups is 1. The maximum atomic E-state index is 11.6. The number of amides is 1. The van der Waals surface area contributed by atoms with Gasteiger partial charge in [0.1, 0.15) is 9.85 Å². The van der Waals surface area contributed by atoms with Crippen molar-refractivity contribution in [3.63, 3.8) is 0 Å². The molecule has 0 aliphatic carbocycles. The van der Waals surface area contributed by atoms with Crippen LogP contribution in [0.25, 0.3) is 0 Å². The summed E-state index contributed by atoms with van der Waals surface area (Å²) in [5.74, 6) is -0.00290. The second kappa shape index (κ2) is 4.51. The summed E-state index contributed by atoms with van der Waals surface area (Å²) in [6.45, 7) is 0.0149. The molecule has 6 nitrogen and oxygen atoms in total. The Hall–Kier alpha value is -0.730. The van der Waals surface area contributed by atoms with E-state index in [-0.39, 0.29) is 18.9 Å². The van der Waals surface area contributed by atoms with Crippen molar-refractivity contribution in [2.24, 2.45) is 0 Å². The first-order valence-corrected chi connectivity index (χ1v) is 7.76. The lowest BCUT2D eigenvalue weighted by Gasteiger charge is -2.13. The smallest absolute Gasteiger partial charge is 0.237 e. The number of rotatable bonds is 2. The molecule has 92 valence electrons. The highest BCUT2D eigenvalue weighted by atomic mass is 79.9. The van der Waals surface area contributed by atoms with Crippen LogP contribution in [0.5, 0.6) is 0 Å². The third-order valence-electron chi connectivity index (χ3n) is 2.37. The molecule has 1 amide bonds. The van der Waals surface area contributed by atoms with Crippen LogP contribution >= 0.6 is 26.6 Å². The zero-order chi connectivity index (χ0) is 12.6. The van der Waals surface area contributed by atoms with Crippen molar-refractivity contribution in [1.82, 2.24) is 9.97 Å². The van der Waals surface area contributed by atoms with Crippen molar-refractivity contribution < 1.29 is 13.2 Å².